The third-order valence-corrected chi connectivity index (χ3v) is 13.2. The topological polar surface area (TPSA) is 85.4 Å². The van der Waals surface area contributed by atoms with Gasteiger partial charge in [-0.15, -0.1) is 5.06 Å². The molecule has 2 heterocycles. The lowest BCUT2D eigenvalue weighted by atomic mass is 9.98. The molecule has 2 amide bonds. The van der Waals surface area contributed by atoms with E-state index >= 15 is 0 Å². The van der Waals surface area contributed by atoms with E-state index in [1.807, 2.05) is 0 Å². The number of unbranched alkanes of at least 4 members (excludes halogenated alkanes) is 32. The number of hydrogen-bond acceptors (Lipinski definition) is 7. The number of carbonyl (C=O) groups is 3. The number of hydroxylamine groups is 2. The Morgan fingerprint density at radius 3 is 1.32 bits per heavy atom. The van der Waals surface area contributed by atoms with Gasteiger partial charge in [0.25, 0.3) is 11.8 Å². The molecule has 2 rings (SSSR count). The first-order valence-electron chi connectivity index (χ1n) is 26.5. The summed E-state index contributed by atoms with van der Waals surface area (Å²) in [5.41, 5.74) is 0. The molecule has 0 N–H and O–H groups in total. The largest absolute Gasteiger partial charge is 0.347 e. The van der Waals surface area contributed by atoms with Gasteiger partial charge in [0, 0.05) is 38.6 Å². The smallest absolute Gasteiger partial charge is 0.333 e. The van der Waals surface area contributed by atoms with Crippen LogP contribution in [0.25, 0.3) is 0 Å². The molecule has 8 nitrogen and oxygen atoms in total. The highest BCUT2D eigenvalue weighted by Crippen LogP contribution is 2.36. The van der Waals surface area contributed by atoms with Gasteiger partial charge in [-0.2, -0.15) is 0 Å². The predicted molar refractivity (Wildman–Crippen MR) is 250 cm³/mol. The zero-order valence-electron chi connectivity index (χ0n) is 40.0. The van der Waals surface area contributed by atoms with E-state index in [2.05, 4.69) is 25.8 Å². The molecular formula is C52H98N2O6. The summed E-state index contributed by atoms with van der Waals surface area (Å²) in [5, 5.41) is 0.641. The van der Waals surface area contributed by atoms with E-state index in [0.29, 0.717) is 18.1 Å². The van der Waals surface area contributed by atoms with E-state index in [1.54, 1.807) is 0 Å². The van der Waals surface area contributed by atoms with Crippen molar-refractivity contribution in [2.45, 2.75) is 289 Å². The van der Waals surface area contributed by atoms with E-state index in [0.717, 1.165) is 45.2 Å². The maximum absolute atomic E-state index is 12.1. The number of amides is 2. The minimum Gasteiger partial charge on any atom is -0.347 e. The molecule has 8 heteroatoms. The van der Waals surface area contributed by atoms with Crippen LogP contribution >= 0.6 is 0 Å². The molecule has 0 spiro atoms. The molecule has 352 valence electrons. The van der Waals surface area contributed by atoms with E-state index < -0.39 is 23.6 Å². The summed E-state index contributed by atoms with van der Waals surface area (Å²) < 4.78 is 13.4. The molecule has 0 bridgehead atoms. The minimum atomic E-state index is -0.506. The SMILES string of the molecule is CCCCCCCCCCCCCCCCCCC1(CCCCCCCCCCCCCCCCCC)OCC(CCN(C)CCCCCC(=O)ON2C(=O)CCC2=O)O1. The third-order valence-electron chi connectivity index (χ3n) is 13.2. The van der Waals surface area contributed by atoms with Gasteiger partial charge in [-0.3, -0.25) is 9.59 Å². The van der Waals surface area contributed by atoms with Gasteiger partial charge in [-0.05, 0) is 45.7 Å². The van der Waals surface area contributed by atoms with Gasteiger partial charge in [-0.25, -0.2) is 4.79 Å². The molecule has 0 aromatic rings. The molecule has 0 aliphatic carbocycles. The maximum atomic E-state index is 12.1. The van der Waals surface area contributed by atoms with E-state index in [9.17, 15) is 14.4 Å². The van der Waals surface area contributed by atoms with Crippen LogP contribution in [0, 0.1) is 0 Å². The molecule has 1 atom stereocenters. The van der Waals surface area contributed by atoms with Gasteiger partial charge < -0.3 is 19.2 Å². The molecule has 0 aromatic heterocycles. The van der Waals surface area contributed by atoms with Crippen molar-refractivity contribution in [2.24, 2.45) is 0 Å². The summed E-state index contributed by atoms with van der Waals surface area (Å²) in [6, 6.07) is 0. The zero-order chi connectivity index (χ0) is 43.2. The molecule has 2 saturated heterocycles. The molecule has 1 unspecified atom stereocenters. The standard InChI is InChI=1S/C52H98N2O6/c1-4-6-8-10-12-14-16-18-20-22-24-26-28-30-32-36-43-52(44-37-33-31-29-27-25-23-21-19-17-15-13-11-9-7-5-2)58-47-48(59-52)42-46-53(3)45-38-34-35-39-51(57)60-54-49(55)40-41-50(54)56/h48H,4-47H2,1-3H3. The Kier molecular flexibility index (Phi) is 34.6. The Bertz CT molecular complexity index is 986. The quantitative estimate of drug-likeness (QED) is 0.0446. The molecule has 0 radical (unpaired) electrons. The number of hydrogen-bond donors (Lipinski definition) is 0. The van der Waals surface area contributed by atoms with Crippen LogP contribution in [-0.4, -0.2) is 66.4 Å². The van der Waals surface area contributed by atoms with Gasteiger partial charge in [-0.1, -0.05) is 213 Å². The molecular weight excluding hydrogens is 749 g/mol. The normalized spacial score (nSPS) is 16.5. The number of nitrogens with zero attached hydrogens (tertiary/aromatic N) is 2. The molecule has 2 aliphatic heterocycles. The van der Waals surface area contributed by atoms with Crippen LogP contribution in [0.1, 0.15) is 277 Å². The highest BCUT2D eigenvalue weighted by atomic mass is 16.7. The Balaban J connectivity index is 1.59. The summed E-state index contributed by atoms with van der Waals surface area (Å²) in [6.45, 7) is 7.21. The predicted octanol–water partition coefficient (Wildman–Crippen LogP) is 14.9. The first-order valence-corrected chi connectivity index (χ1v) is 26.5. The second-order valence-electron chi connectivity index (χ2n) is 19.0. The monoisotopic (exact) mass is 847 g/mol. The first-order chi connectivity index (χ1) is 29.4. The van der Waals surface area contributed by atoms with Crippen LogP contribution < -0.4 is 0 Å². The van der Waals surface area contributed by atoms with Crippen LogP contribution in [0.2, 0.25) is 0 Å². The van der Waals surface area contributed by atoms with Crippen LogP contribution in [0.15, 0.2) is 0 Å². The Morgan fingerprint density at radius 2 is 0.917 bits per heavy atom. The van der Waals surface area contributed by atoms with Crippen molar-refractivity contribution >= 4 is 17.8 Å². The van der Waals surface area contributed by atoms with Crippen LogP contribution in [0.4, 0.5) is 0 Å². The van der Waals surface area contributed by atoms with E-state index in [1.165, 1.54) is 205 Å². The third kappa shape index (κ3) is 29.0. The van der Waals surface area contributed by atoms with Crippen LogP contribution in [0.5, 0.6) is 0 Å². The second kappa shape index (κ2) is 38.0. The highest BCUT2D eigenvalue weighted by Gasteiger charge is 2.40. The Hall–Kier alpha value is -1.51. The Labute approximate surface area is 371 Å². The van der Waals surface area contributed by atoms with Gasteiger partial charge in [0.05, 0.1) is 12.7 Å². The van der Waals surface area contributed by atoms with Crippen LogP contribution in [-0.2, 0) is 28.7 Å². The van der Waals surface area contributed by atoms with Crippen molar-refractivity contribution in [3.05, 3.63) is 0 Å². The first kappa shape index (κ1) is 54.6. The fourth-order valence-electron chi connectivity index (χ4n) is 9.14. The van der Waals surface area contributed by atoms with Crippen molar-refractivity contribution in [1.82, 2.24) is 9.96 Å². The van der Waals surface area contributed by atoms with Crippen molar-refractivity contribution < 1.29 is 28.7 Å². The lowest BCUT2D eigenvalue weighted by Gasteiger charge is -2.29. The summed E-state index contributed by atoms with van der Waals surface area (Å²) in [7, 11) is 2.16. The van der Waals surface area contributed by atoms with Crippen molar-refractivity contribution in [1.29, 1.82) is 0 Å². The minimum absolute atomic E-state index is 0.122. The van der Waals surface area contributed by atoms with Gasteiger partial charge in [0.1, 0.15) is 0 Å². The lowest BCUT2D eigenvalue weighted by Crippen LogP contribution is -2.32. The fraction of sp³-hybridized carbons (Fsp3) is 0.942. The number of ether oxygens (including phenoxy) is 2. The molecule has 0 saturated carbocycles. The van der Waals surface area contributed by atoms with E-state index in [4.69, 9.17) is 14.3 Å². The average molecular weight is 847 g/mol. The van der Waals surface area contributed by atoms with Crippen molar-refractivity contribution in [2.75, 3.05) is 26.7 Å². The Morgan fingerprint density at radius 1 is 0.550 bits per heavy atom. The average Bonchev–Trinajstić information content (AvgIpc) is 3.80. The summed E-state index contributed by atoms with van der Waals surface area (Å²) in [6.07, 6.45) is 50.6. The molecule has 60 heavy (non-hydrogen) atoms. The van der Waals surface area contributed by atoms with E-state index in [-0.39, 0.29) is 25.4 Å². The van der Waals surface area contributed by atoms with Crippen molar-refractivity contribution in [3.63, 3.8) is 0 Å². The fourth-order valence-corrected chi connectivity index (χ4v) is 9.14. The number of imide groups is 1. The maximum Gasteiger partial charge on any atom is 0.333 e. The zero-order valence-corrected chi connectivity index (χ0v) is 40.0. The highest BCUT2D eigenvalue weighted by molar-refractivity contribution is 6.01. The van der Waals surface area contributed by atoms with Gasteiger partial charge >= 0.3 is 5.97 Å². The molecule has 2 fully saturated rings. The van der Waals surface area contributed by atoms with Gasteiger partial charge in [0.15, 0.2) is 5.79 Å². The summed E-state index contributed by atoms with van der Waals surface area (Å²) >= 11 is 0. The molecule has 0 aromatic carbocycles. The molecule has 2 aliphatic rings. The lowest BCUT2D eigenvalue weighted by molar-refractivity contribution is -0.197. The van der Waals surface area contributed by atoms with Crippen molar-refractivity contribution in [3.8, 4) is 0 Å². The summed E-state index contributed by atoms with van der Waals surface area (Å²) in [5.74, 6) is -1.75. The summed E-state index contributed by atoms with van der Waals surface area (Å²) in [4.78, 5) is 42.8. The van der Waals surface area contributed by atoms with Crippen LogP contribution in [0.3, 0.4) is 0 Å². The van der Waals surface area contributed by atoms with Gasteiger partial charge in [0.2, 0.25) is 0 Å². The second-order valence-corrected chi connectivity index (χ2v) is 19.0. The number of carbonyl (C=O) groups excluding carboxylic acids is 3. The number of rotatable bonds is 44.